The smallest absolute Gasteiger partial charge is 0.150 e. The summed E-state index contributed by atoms with van der Waals surface area (Å²) in [7, 11) is 0. The summed E-state index contributed by atoms with van der Waals surface area (Å²) in [5, 5.41) is 0. The maximum absolute atomic E-state index is 5.42. The first-order chi connectivity index (χ1) is 12.8. The standard InChI is InChI=1S/C20H26N2O4/c1-2-15(5-21(7-17-11-23-17)8-18-12-24-18)4-16(3-1)6-22(9-19-13-25-19)10-20-14-26-20/h1-4,7,18-20H,5-6,8-14H2/b17-7-. The molecule has 4 heterocycles. The molecule has 3 atom stereocenters. The summed E-state index contributed by atoms with van der Waals surface area (Å²) >= 11 is 0. The second-order valence-electron chi connectivity index (χ2n) is 7.69. The van der Waals surface area contributed by atoms with Crippen molar-refractivity contribution in [3.63, 3.8) is 0 Å². The Kier molecular flexibility index (Phi) is 4.58. The monoisotopic (exact) mass is 358 g/mol. The van der Waals surface area contributed by atoms with Crippen LogP contribution in [-0.4, -0.2) is 74.2 Å². The van der Waals surface area contributed by atoms with Crippen LogP contribution in [0.3, 0.4) is 0 Å². The predicted octanol–water partition coefficient (Wildman–Crippen LogP) is 1.36. The van der Waals surface area contributed by atoms with Crippen molar-refractivity contribution in [2.24, 2.45) is 0 Å². The Bertz CT molecular complexity index is 648. The molecule has 0 aromatic heterocycles. The number of rotatable bonds is 11. The average molecular weight is 358 g/mol. The van der Waals surface area contributed by atoms with Crippen LogP contribution in [0.2, 0.25) is 0 Å². The molecule has 0 aliphatic carbocycles. The van der Waals surface area contributed by atoms with Crippen molar-refractivity contribution in [2.45, 2.75) is 31.4 Å². The molecule has 0 saturated carbocycles. The predicted molar refractivity (Wildman–Crippen MR) is 95.4 cm³/mol. The van der Waals surface area contributed by atoms with E-state index in [1.165, 1.54) is 11.1 Å². The Morgan fingerprint density at radius 2 is 1.46 bits per heavy atom. The molecule has 0 bridgehead atoms. The summed E-state index contributed by atoms with van der Waals surface area (Å²) in [4.78, 5) is 4.78. The molecule has 1 aromatic rings. The summed E-state index contributed by atoms with van der Waals surface area (Å²) in [5.41, 5.74) is 2.67. The summed E-state index contributed by atoms with van der Waals surface area (Å²) in [6.45, 7) is 8.21. The van der Waals surface area contributed by atoms with E-state index in [1.54, 1.807) is 0 Å². The molecule has 0 amide bonds. The van der Waals surface area contributed by atoms with Gasteiger partial charge in [0.15, 0.2) is 0 Å². The van der Waals surface area contributed by atoms with E-state index in [2.05, 4.69) is 40.3 Å². The fraction of sp³-hybridized carbons (Fsp3) is 0.600. The second-order valence-corrected chi connectivity index (χ2v) is 7.69. The third-order valence-electron chi connectivity index (χ3n) is 4.99. The lowest BCUT2D eigenvalue weighted by molar-refractivity contribution is 0.213. The number of hydrogen-bond donors (Lipinski definition) is 0. The molecule has 6 heteroatoms. The number of benzene rings is 1. The number of nitrogens with zero attached hydrogens (tertiary/aromatic N) is 2. The quantitative estimate of drug-likeness (QED) is 0.557. The molecule has 4 fully saturated rings. The van der Waals surface area contributed by atoms with E-state index in [9.17, 15) is 0 Å². The van der Waals surface area contributed by atoms with E-state index in [1.807, 2.05) is 0 Å². The molecule has 0 radical (unpaired) electrons. The molecule has 6 nitrogen and oxygen atoms in total. The third-order valence-corrected chi connectivity index (χ3v) is 4.99. The van der Waals surface area contributed by atoms with Crippen molar-refractivity contribution in [3.05, 3.63) is 47.4 Å². The fourth-order valence-corrected chi connectivity index (χ4v) is 3.36. The molecule has 0 spiro atoms. The largest absolute Gasteiger partial charge is 0.485 e. The van der Waals surface area contributed by atoms with Gasteiger partial charge in [0.2, 0.25) is 0 Å². The van der Waals surface area contributed by atoms with Gasteiger partial charge in [-0.2, -0.15) is 0 Å². The number of hydrogen-bond acceptors (Lipinski definition) is 6. The van der Waals surface area contributed by atoms with Crippen LogP contribution >= 0.6 is 0 Å². The summed E-state index contributed by atoms with van der Waals surface area (Å²) in [6.07, 6.45) is 3.34. The van der Waals surface area contributed by atoms with Crippen LogP contribution in [-0.2, 0) is 32.0 Å². The van der Waals surface area contributed by atoms with Crippen LogP contribution in [0.15, 0.2) is 36.2 Å². The molecule has 1 aromatic carbocycles. The highest BCUT2D eigenvalue weighted by molar-refractivity contribution is 5.24. The third kappa shape index (κ3) is 5.20. The molecule has 0 N–H and O–H groups in total. The van der Waals surface area contributed by atoms with Gasteiger partial charge in [0, 0.05) is 38.9 Å². The number of epoxide rings is 4. The zero-order valence-corrected chi connectivity index (χ0v) is 15.0. The molecular formula is C20H26N2O4. The van der Waals surface area contributed by atoms with E-state index >= 15 is 0 Å². The van der Waals surface area contributed by atoms with E-state index in [4.69, 9.17) is 18.9 Å². The van der Waals surface area contributed by atoms with Crippen molar-refractivity contribution in [1.82, 2.24) is 9.80 Å². The maximum atomic E-state index is 5.42. The van der Waals surface area contributed by atoms with Gasteiger partial charge in [-0.1, -0.05) is 24.3 Å². The molecular weight excluding hydrogens is 332 g/mol. The van der Waals surface area contributed by atoms with Crippen LogP contribution < -0.4 is 0 Å². The molecule has 5 rings (SSSR count). The first kappa shape index (κ1) is 16.6. The van der Waals surface area contributed by atoms with Crippen LogP contribution in [0.25, 0.3) is 0 Å². The highest BCUT2D eigenvalue weighted by Crippen LogP contribution is 2.21. The molecule has 26 heavy (non-hydrogen) atoms. The Morgan fingerprint density at radius 1 is 0.885 bits per heavy atom. The average Bonchev–Trinajstić information content (AvgIpc) is 3.40. The van der Waals surface area contributed by atoms with Gasteiger partial charge < -0.3 is 23.8 Å². The van der Waals surface area contributed by atoms with Gasteiger partial charge in [0.25, 0.3) is 0 Å². The maximum Gasteiger partial charge on any atom is 0.150 e. The number of ether oxygens (including phenoxy) is 4. The summed E-state index contributed by atoms with van der Waals surface area (Å²) in [6, 6.07) is 8.90. The van der Waals surface area contributed by atoms with Gasteiger partial charge >= 0.3 is 0 Å². The lowest BCUT2D eigenvalue weighted by Gasteiger charge is -2.22. The molecule has 140 valence electrons. The van der Waals surface area contributed by atoms with Gasteiger partial charge in [0.05, 0.1) is 38.1 Å². The van der Waals surface area contributed by atoms with Crippen molar-refractivity contribution in [3.8, 4) is 0 Å². The van der Waals surface area contributed by atoms with Crippen LogP contribution in [0, 0.1) is 0 Å². The molecule has 4 aliphatic rings. The summed E-state index contributed by atoms with van der Waals surface area (Å²) in [5.74, 6) is 1.07. The Hall–Kier alpha value is -1.60. The zero-order chi connectivity index (χ0) is 17.3. The topological polar surface area (TPSA) is 56.6 Å². The van der Waals surface area contributed by atoms with Crippen molar-refractivity contribution >= 4 is 0 Å². The van der Waals surface area contributed by atoms with E-state index in [0.717, 1.165) is 64.9 Å². The second kappa shape index (κ2) is 7.19. The summed E-state index contributed by atoms with van der Waals surface area (Å²) < 4.78 is 21.5. The lowest BCUT2D eigenvalue weighted by atomic mass is 10.1. The molecule has 4 aliphatic heterocycles. The lowest BCUT2D eigenvalue weighted by Crippen LogP contribution is -2.31. The van der Waals surface area contributed by atoms with Gasteiger partial charge in [0.1, 0.15) is 12.4 Å². The highest BCUT2D eigenvalue weighted by atomic mass is 16.6. The van der Waals surface area contributed by atoms with Crippen LogP contribution in [0.5, 0.6) is 0 Å². The normalized spacial score (nSPS) is 29.6. The minimum atomic E-state index is 0.376. The zero-order valence-electron chi connectivity index (χ0n) is 15.0. The van der Waals surface area contributed by atoms with Crippen molar-refractivity contribution < 1.29 is 18.9 Å². The van der Waals surface area contributed by atoms with Gasteiger partial charge in [-0.25, -0.2) is 0 Å². The van der Waals surface area contributed by atoms with Gasteiger partial charge in [-0.15, -0.1) is 0 Å². The van der Waals surface area contributed by atoms with Crippen LogP contribution in [0.1, 0.15) is 11.1 Å². The minimum Gasteiger partial charge on any atom is -0.485 e. The van der Waals surface area contributed by atoms with Gasteiger partial charge in [-0.05, 0) is 11.1 Å². The van der Waals surface area contributed by atoms with Gasteiger partial charge in [-0.3, -0.25) is 4.90 Å². The first-order valence-corrected chi connectivity index (χ1v) is 9.53. The SMILES string of the molecule is C(=C1\CO1)/N(Cc1cccc(CN(CC2CO2)CC2CO2)c1)CC1CO1. The van der Waals surface area contributed by atoms with Crippen LogP contribution in [0.4, 0.5) is 0 Å². The van der Waals surface area contributed by atoms with E-state index < -0.39 is 0 Å². The van der Waals surface area contributed by atoms with Crippen molar-refractivity contribution in [2.75, 3.05) is 46.1 Å². The van der Waals surface area contributed by atoms with E-state index in [-0.39, 0.29) is 0 Å². The Labute approximate surface area is 154 Å². The first-order valence-electron chi connectivity index (χ1n) is 9.53. The molecule has 3 unspecified atom stereocenters. The Balaban J connectivity index is 1.22. The van der Waals surface area contributed by atoms with E-state index in [0.29, 0.717) is 18.3 Å². The Morgan fingerprint density at radius 3 is 2.04 bits per heavy atom. The molecule has 4 saturated heterocycles. The van der Waals surface area contributed by atoms with Crippen molar-refractivity contribution in [1.29, 1.82) is 0 Å². The minimum absolute atomic E-state index is 0.376. The fourth-order valence-electron chi connectivity index (χ4n) is 3.36. The highest BCUT2D eigenvalue weighted by Gasteiger charge is 2.31.